The summed E-state index contributed by atoms with van der Waals surface area (Å²) in [7, 11) is 0. The van der Waals surface area contributed by atoms with E-state index in [1.807, 2.05) is 29.2 Å². The van der Waals surface area contributed by atoms with E-state index in [4.69, 9.17) is 4.98 Å². The second kappa shape index (κ2) is 7.70. The van der Waals surface area contributed by atoms with E-state index in [1.165, 1.54) is 6.07 Å². The van der Waals surface area contributed by atoms with Crippen LogP contribution in [0.3, 0.4) is 0 Å². The Morgan fingerprint density at radius 1 is 1.22 bits per heavy atom. The maximum Gasteiger partial charge on any atom is 0.271 e. The molecule has 0 unspecified atom stereocenters. The van der Waals surface area contributed by atoms with E-state index in [2.05, 4.69) is 10.2 Å². The van der Waals surface area contributed by atoms with Gasteiger partial charge in [-0.05, 0) is 48.7 Å². The predicted molar refractivity (Wildman–Crippen MR) is 99.9 cm³/mol. The average molecular weight is 364 g/mol. The first kappa shape index (κ1) is 17.4. The molecule has 2 aromatic heterocycles. The predicted octanol–water partition coefficient (Wildman–Crippen LogP) is 3.55. The molecule has 1 amide bonds. The standard InChI is InChI=1S/C21H21FN4O/c22-17-6-1-4-15(12-17)13-18-7-2-8-19(24-18)16-5-3-11-26(14-16)21(27)20-9-10-23-25-20/h1-2,4,6-10,12,16H,3,5,11,13-14H2,(H,23,25)/t16-/m1/s1. The molecule has 0 saturated carbocycles. The molecule has 138 valence electrons. The Morgan fingerprint density at radius 3 is 2.93 bits per heavy atom. The van der Waals surface area contributed by atoms with E-state index in [-0.39, 0.29) is 17.6 Å². The number of halogens is 1. The number of hydrogen-bond donors (Lipinski definition) is 1. The zero-order valence-corrected chi connectivity index (χ0v) is 14.9. The molecule has 1 aromatic carbocycles. The first-order chi connectivity index (χ1) is 13.2. The van der Waals surface area contributed by atoms with Crippen molar-refractivity contribution in [3.63, 3.8) is 0 Å². The number of aromatic amines is 1. The molecule has 5 nitrogen and oxygen atoms in total. The normalized spacial score (nSPS) is 17.1. The number of benzene rings is 1. The molecule has 1 aliphatic heterocycles. The van der Waals surface area contributed by atoms with Crippen LogP contribution in [0.4, 0.5) is 4.39 Å². The van der Waals surface area contributed by atoms with Crippen LogP contribution in [0.15, 0.2) is 54.7 Å². The summed E-state index contributed by atoms with van der Waals surface area (Å²) in [6, 6.07) is 14.3. The molecule has 1 N–H and O–H groups in total. The van der Waals surface area contributed by atoms with Crippen molar-refractivity contribution in [2.45, 2.75) is 25.2 Å². The number of amides is 1. The Balaban J connectivity index is 1.48. The molecule has 4 rings (SSSR count). The van der Waals surface area contributed by atoms with Gasteiger partial charge in [0.25, 0.3) is 5.91 Å². The molecule has 27 heavy (non-hydrogen) atoms. The fourth-order valence-corrected chi connectivity index (χ4v) is 3.63. The van der Waals surface area contributed by atoms with Crippen molar-refractivity contribution in [1.29, 1.82) is 0 Å². The van der Waals surface area contributed by atoms with Crippen LogP contribution in [0, 0.1) is 5.82 Å². The molecule has 6 heteroatoms. The smallest absolute Gasteiger partial charge is 0.271 e. The van der Waals surface area contributed by atoms with Crippen LogP contribution in [0.25, 0.3) is 0 Å². The number of piperidine rings is 1. The molecular formula is C21H21FN4O. The van der Waals surface area contributed by atoms with Gasteiger partial charge in [0.2, 0.25) is 0 Å². The van der Waals surface area contributed by atoms with Crippen LogP contribution >= 0.6 is 0 Å². The Morgan fingerprint density at radius 2 is 2.11 bits per heavy atom. The van der Waals surface area contributed by atoms with E-state index >= 15 is 0 Å². The maximum absolute atomic E-state index is 13.4. The molecule has 1 aliphatic rings. The number of nitrogens with one attached hydrogen (secondary N) is 1. The molecule has 0 bridgehead atoms. The van der Waals surface area contributed by atoms with Gasteiger partial charge in [-0.1, -0.05) is 18.2 Å². The van der Waals surface area contributed by atoms with Gasteiger partial charge < -0.3 is 4.90 Å². The molecule has 3 heterocycles. The Bertz CT molecular complexity index is 925. The van der Waals surface area contributed by atoms with Crippen LogP contribution in [-0.2, 0) is 6.42 Å². The first-order valence-corrected chi connectivity index (χ1v) is 9.18. The molecule has 0 radical (unpaired) electrons. The fraction of sp³-hybridized carbons (Fsp3) is 0.286. The van der Waals surface area contributed by atoms with Crippen molar-refractivity contribution >= 4 is 5.91 Å². The van der Waals surface area contributed by atoms with Gasteiger partial charge in [-0.3, -0.25) is 14.9 Å². The van der Waals surface area contributed by atoms with Crippen molar-refractivity contribution in [3.8, 4) is 0 Å². The minimum absolute atomic E-state index is 0.0203. The van der Waals surface area contributed by atoms with E-state index < -0.39 is 0 Å². The zero-order valence-electron chi connectivity index (χ0n) is 14.9. The van der Waals surface area contributed by atoms with Crippen LogP contribution in [-0.4, -0.2) is 39.1 Å². The topological polar surface area (TPSA) is 61.9 Å². The number of likely N-dealkylation sites (tertiary alicyclic amines) is 1. The summed E-state index contributed by atoms with van der Waals surface area (Å²) in [6.07, 6.45) is 4.13. The second-order valence-corrected chi connectivity index (χ2v) is 6.92. The summed E-state index contributed by atoms with van der Waals surface area (Å²) in [5.41, 5.74) is 3.32. The van der Waals surface area contributed by atoms with Crippen LogP contribution in [0.5, 0.6) is 0 Å². The number of carbonyl (C=O) groups is 1. The summed E-state index contributed by atoms with van der Waals surface area (Å²) in [4.78, 5) is 19.2. The lowest BCUT2D eigenvalue weighted by Crippen LogP contribution is -2.39. The Hall–Kier alpha value is -3.02. The number of carbonyl (C=O) groups excluding carboxylic acids is 1. The van der Waals surface area contributed by atoms with E-state index in [9.17, 15) is 9.18 Å². The van der Waals surface area contributed by atoms with Gasteiger partial charge >= 0.3 is 0 Å². The number of pyridine rings is 1. The van der Waals surface area contributed by atoms with Gasteiger partial charge in [-0.25, -0.2) is 4.39 Å². The van der Waals surface area contributed by atoms with Crippen LogP contribution in [0.2, 0.25) is 0 Å². The lowest BCUT2D eigenvalue weighted by molar-refractivity contribution is 0.0700. The van der Waals surface area contributed by atoms with E-state index in [0.717, 1.165) is 36.3 Å². The number of hydrogen-bond acceptors (Lipinski definition) is 3. The van der Waals surface area contributed by atoms with Gasteiger partial charge in [-0.15, -0.1) is 0 Å². The lowest BCUT2D eigenvalue weighted by atomic mass is 9.93. The number of aromatic nitrogens is 3. The van der Waals surface area contributed by atoms with Crippen molar-refractivity contribution in [1.82, 2.24) is 20.1 Å². The average Bonchev–Trinajstić information content (AvgIpc) is 3.23. The van der Waals surface area contributed by atoms with Crippen LogP contribution < -0.4 is 0 Å². The number of nitrogens with zero attached hydrogens (tertiary/aromatic N) is 3. The molecule has 1 saturated heterocycles. The van der Waals surface area contributed by atoms with E-state index in [0.29, 0.717) is 18.7 Å². The van der Waals surface area contributed by atoms with Crippen molar-refractivity contribution in [3.05, 3.63) is 83.2 Å². The second-order valence-electron chi connectivity index (χ2n) is 6.92. The minimum Gasteiger partial charge on any atom is -0.337 e. The molecule has 1 atom stereocenters. The third-order valence-corrected chi connectivity index (χ3v) is 4.96. The quantitative estimate of drug-likeness (QED) is 0.770. The summed E-state index contributed by atoms with van der Waals surface area (Å²) in [5, 5.41) is 6.60. The maximum atomic E-state index is 13.4. The highest BCUT2D eigenvalue weighted by Gasteiger charge is 2.27. The fourth-order valence-electron chi connectivity index (χ4n) is 3.63. The summed E-state index contributed by atoms with van der Waals surface area (Å²) < 4.78 is 13.4. The van der Waals surface area contributed by atoms with Gasteiger partial charge in [0.05, 0.1) is 0 Å². The zero-order chi connectivity index (χ0) is 18.6. The van der Waals surface area contributed by atoms with Gasteiger partial charge in [0.1, 0.15) is 11.5 Å². The van der Waals surface area contributed by atoms with Gasteiger partial charge in [0.15, 0.2) is 0 Å². The highest BCUT2D eigenvalue weighted by atomic mass is 19.1. The van der Waals surface area contributed by atoms with Crippen molar-refractivity contribution < 1.29 is 9.18 Å². The molecule has 3 aromatic rings. The van der Waals surface area contributed by atoms with Crippen molar-refractivity contribution in [2.24, 2.45) is 0 Å². The number of rotatable bonds is 4. The third-order valence-electron chi connectivity index (χ3n) is 4.96. The van der Waals surface area contributed by atoms with E-state index in [1.54, 1.807) is 24.4 Å². The molecule has 0 spiro atoms. The summed E-state index contributed by atoms with van der Waals surface area (Å²) in [5.74, 6) is -0.0462. The van der Waals surface area contributed by atoms with Gasteiger partial charge in [0, 0.05) is 43.0 Å². The summed E-state index contributed by atoms with van der Waals surface area (Å²) in [6.45, 7) is 1.39. The lowest BCUT2D eigenvalue weighted by Gasteiger charge is -2.32. The third kappa shape index (κ3) is 4.05. The Kier molecular flexibility index (Phi) is 4.96. The van der Waals surface area contributed by atoms with Gasteiger partial charge in [-0.2, -0.15) is 5.10 Å². The Labute approximate surface area is 157 Å². The molecule has 1 fully saturated rings. The van der Waals surface area contributed by atoms with Crippen molar-refractivity contribution in [2.75, 3.05) is 13.1 Å². The summed E-state index contributed by atoms with van der Waals surface area (Å²) >= 11 is 0. The largest absolute Gasteiger partial charge is 0.337 e. The monoisotopic (exact) mass is 364 g/mol. The minimum atomic E-state index is -0.233. The first-order valence-electron chi connectivity index (χ1n) is 9.18. The molecule has 0 aliphatic carbocycles. The number of H-pyrrole nitrogens is 1. The highest BCUT2D eigenvalue weighted by molar-refractivity contribution is 5.92. The molecular weight excluding hydrogens is 343 g/mol. The SMILES string of the molecule is O=C(c1ccn[nH]1)N1CCC[C@@H](c2cccc(Cc3cccc(F)c3)n2)C1. The highest BCUT2D eigenvalue weighted by Crippen LogP contribution is 2.27. The van der Waals surface area contributed by atoms with Crippen LogP contribution in [0.1, 0.15) is 46.2 Å².